The molecule has 0 spiro atoms. The summed E-state index contributed by atoms with van der Waals surface area (Å²) in [6.07, 6.45) is 1.31. The van der Waals surface area contributed by atoms with Crippen LogP contribution in [-0.2, 0) is 6.54 Å². The molecule has 1 aromatic heterocycles. The van der Waals surface area contributed by atoms with Crippen molar-refractivity contribution < 1.29 is 9.18 Å². The van der Waals surface area contributed by atoms with E-state index in [9.17, 15) is 9.18 Å². The number of halogens is 2. The molecule has 7 nitrogen and oxygen atoms in total. The molecule has 0 saturated heterocycles. The zero-order chi connectivity index (χ0) is 19.2. The highest BCUT2D eigenvalue weighted by Gasteiger charge is 2.10. The van der Waals surface area contributed by atoms with E-state index >= 15 is 0 Å². The second-order valence-corrected chi connectivity index (χ2v) is 5.99. The Morgan fingerprint density at radius 3 is 2.41 bits per heavy atom. The second-order valence-electron chi connectivity index (χ2n) is 5.55. The average Bonchev–Trinajstić information content (AvgIpc) is 2.68. The summed E-state index contributed by atoms with van der Waals surface area (Å²) in [6.45, 7) is 0.486. The Morgan fingerprint density at radius 2 is 1.70 bits per heavy atom. The molecule has 0 bridgehead atoms. The average molecular weight is 387 g/mol. The van der Waals surface area contributed by atoms with Crippen LogP contribution in [0, 0.1) is 5.82 Å². The first kappa shape index (κ1) is 18.4. The molecule has 0 atom stereocenters. The van der Waals surface area contributed by atoms with Crippen LogP contribution in [0.3, 0.4) is 0 Å². The number of carbonyl (C=O) groups excluding carboxylic acids is 1. The van der Waals surface area contributed by atoms with Crippen LogP contribution in [-0.4, -0.2) is 15.9 Å². The van der Waals surface area contributed by atoms with Gasteiger partial charge in [0.25, 0.3) is 5.91 Å². The molecule has 2 aromatic carbocycles. The molecule has 0 radical (unpaired) electrons. The van der Waals surface area contributed by atoms with E-state index in [-0.39, 0.29) is 17.1 Å². The lowest BCUT2D eigenvalue weighted by Crippen LogP contribution is -2.30. The van der Waals surface area contributed by atoms with E-state index in [4.69, 9.17) is 17.3 Å². The van der Waals surface area contributed by atoms with Gasteiger partial charge in [-0.2, -0.15) is 0 Å². The Morgan fingerprint density at radius 1 is 1.04 bits per heavy atom. The third-order valence-electron chi connectivity index (χ3n) is 3.66. The Bertz CT molecular complexity index is 934. The minimum atomic E-state index is -0.455. The number of nitrogens with zero attached hydrogens (tertiary/aromatic N) is 2. The molecule has 3 aromatic rings. The Balaban J connectivity index is 1.63. The van der Waals surface area contributed by atoms with Crippen LogP contribution >= 0.6 is 11.6 Å². The van der Waals surface area contributed by atoms with E-state index < -0.39 is 11.7 Å². The number of nitrogens with one attached hydrogen (secondary N) is 3. The van der Waals surface area contributed by atoms with E-state index in [1.54, 1.807) is 12.1 Å². The van der Waals surface area contributed by atoms with E-state index in [0.717, 1.165) is 5.56 Å². The van der Waals surface area contributed by atoms with E-state index in [0.29, 0.717) is 17.4 Å². The van der Waals surface area contributed by atoms with Crippen LogP contribution in [0.1, 0.15) is 15.9 Å². The van der Waals surface area contributed by atoms with Gasteiger partial charge < -0.3 is 11.1 Å². The number of hydrazine groups is 1. The van der Waals surface area contributed by atoms with Gasteiger partial charge in [-0.15, -0.1) is 0 Å². The van der Waals surface area contributed by atoms with Gasteiger partial charge in [-0.05, 0) is 42.0 Å². The highest BCUT2D eigenvalue weighted by molar-refractivity contribution is 6.30. The van der Waals surface area contributed by atoms with Crippen LogP contribution in [0.15, 0.2) is 54.9 Å². The van der Waals surface area contributed by atoms with Crippen LogP contribution in [0.4, 0.5) is 21.7 Å². The van der Waals surface area contributed by atoms with Gasteiger partial charge in [0, 0.05) is 17.1 Å². The number of aromatic nitrogens is 2. The monoisotopic (exact) mass is 386 g/mol. The summed E-state index contributed by atoms with van der Waals surface area (Å²) in [4.78, 5) is 20.2. The van der Waals surface area contributed by atoms with Gasteiger partial charge >= 0.3 is 0 Å². The van der Waals surface area contributed by atoms with Crippen molar-refractivity contribution in [2.24, 2.45) is 0 Å². The molecule has 1 heterocycles. The number of hydrogen-bond acceptors (Lipinski definition) is 6. The third kappa shape index (κ3) is 4.83. The first-order valence-corrected chi connectivity index (χ1v) is 8.31. The summed E-state index contributed by atoms with van der Waals surface area (Å²) in [6, 6.07) is 12.5. The van der Waals surface area contributed by atoms with Crippen LogP contribution < -0.4 is 21.9 Å². The van der Waals surface area contributed by atoms with Gasteiger partial charge in [0.15, 0.2) is 11.6 Å². The van der Waals surface area contributed by atoms with Crippen molar-refractivity contribution in [1.82, 2.24) is 15.4 Å². The predicted octanol–water partition coefficient (Wildman–Crippen LogP) is 3.22. The van der Waals surface area contributed by atoms with Crippen LogP contribution in [0.2, 0.25) is 5.02 Å². The fraction of sp³-hybridized carbons (Fsp3) is 0.0556. The van der Waals surface area contributed by atoms with Crippen LogP contribution in [0.5, 0.6) is 0 Å². The summed E-state index contributed by atoms with van der Waals surface area (Å²) >= 11 is 5.86. The van der Waals surface area contributed by atoms with Crippen molar-refractivity contribution in [3.05, 3.63) is 76.8 Å². The van der Waals surface area contributed by atoms with Crippen molar-refractivity contribution in [3.8, 4) is 0 Å². The molecule has 0 unspecified atom stereocenters. The molecule has 0 aliphatic heterocycles. The van der Waals surface area contributed by atoms with E-state index in [1.165, 1.54) is 30.6 Å². The molecule has 0 saturated carbocycles. The Hall–Kier alpha value is -3.39. The van der Waals surface area contributed by atoms with Crippen molar-refractivity contribution in [1.29, 1.82) is 0 Å². The SMILES string of the molecule is Nc1c(NCc2ccc(Cl)cc2)ncnc1NNC(=O)c1ccc(F)cc1. The topological polar surface area (TPSA) is 105 Å². The minimum Gasteiger partial charge on any atom is -0.393 e. The van der Waals surface area contributed by atoms with Crippen molar-refractivity contribution in [3.63, 3.8) is 0 Å². The molecule has 0 fully saturated rings. The number of anilines is 3. The van der Waals surface area contributed by atoms with Gasteiger partial charge in [0.1, 0.15) is 17.8 Å². The molecule has 5 N–H and O–H groups in total. The molecule has 27 heavy (non-hydrogen) atoms. The lowest BCUT2D eigenvalue weighted by Gasteiger charge is -2.13. The summed E-state index contributed by atoms with van der Waals surface area (Å²) in [5, 5.41) is 3.76. The molecule has 3 rings (SSSR count). The summed E-state index contributed by atoms with van der Waals surface area (Å²) in [5.74, 6) is -0.225. The molecule has 138 valence electrons. The molecular formula is C18H16ClFN6O. The maximum atomic E-state index is 12.9. The van der Waals surface area contributed by atoms with Gasteiger partial charge in [0.05, 0.1) is 0 Å². The number of hydrogen-bond donors (Lipinski definition) is 4. The quantitative estimate of drug-likeness (QED) is 0.485. The Kier molecular flexibility index (Phi) is 5.68. The van der Waals surface area contributed by atoms with E-state index in [1.807, 2.05) is 12.1 Å². The van der Waals surface area contributed by atoms with Crippen molar-refractivity contribution in [2.75, 3.05) is 16.5 Å². The molecule has 1 amide bonds. The van der Waals surface area contributed by atoms with E-state index in [2.05, 4.69) is 26.1 Å². The fourth-order valence-electron chi connectivity index (χ4n) is 2.21. The normalized spacial score (nSPS) is 10.3. The number of carbonyl (C=O) groups is 1. The molecular weight excluding hydrogens is 371 g/mol. The van der Waals surface area contributed by atoms with Gasteiger partial charge in [-0.3, -0.25) is 15.6 Å². The molecule has 9 heteroatoms. The molecule has 0 aliphatic carbocycles. The lowest BCUT2D eigenvalue weighted by atomic mass is 10.2. The number of nitrogen functional groups attached to an aromatic ring is 1. The highest BCUT2D eigenvalue weighted by atomic mass is 35.5. The zero-order valence-corrected chi connectivity index (χ0v) is 14.8. The smallest absolute Gasteiger partial charge is 0.269 e. The number of amides is 1. The summed E-state index contributed by atoms with van der Waals surface area (Å²) in [5.41, 5.74) is 12.7. The first-order chi connectivity index (χ1) is 13.0. The van der Waals surface area contributed by atoms with Crippen LogP contribution in [0.25, 0.3) is 0 Å². The van der Waals surface area contributed by atoms with Gasteiger partial charge in [0.2, 0.25) is 0 Å². The molecule has 0 aliphatic rings. The number of rotatable bonds is 6. The summed E-state index contributed by atoms with van der Waals surface area (Å²) in [7, 11) is 0. The summed E-state index contributed by atoms with van der Waals surface area (Å²) < 4.78 is 12.9. The maximum absolute atomic E-state index is 12.9. The minimum absolute atomic E-state index is 0.235. The maximum Gasteiger partial charge on any atom is 0.269 e. The lowest BCUT2D eigenvalue weighted by molar-refractivity contribution is 0.0962. The van der Waals surface area contributed by atoms with Crippen molar-refractivity contribution >= 4 is 34.8 Å². The third-order valence-corrected chi connectivity index (χ3v) is 3.91. The number of nitrogens with two attached hydrogens (primary N) is 1. The number of benzene rings is 2. The van der Waals surface area contributed by atoms with Gasteiger partial charge in [-0.25, -0.2) is 14.4 Å². The van der Waals surface area contributed by atoms with Crippen molar-refractivity contribution in [2.45, 2.75) is 6.54 Å². The van der Waals surface area contributed by atoms with Gasteiger partial charge in [-0.1, -0.05) is 23.7 Å². The zero-order valence-electron chi connectivity index (χ0n) is 14.0. The Labute approximate surface area is 159 Å². The first-order valence-electron chi connectivity index (χ1n) is 7.93. The predicted molar refractivity (Wildman–Crippen MR) is 103 cm³/mol. The standard InChI is InChI=1S/C18H16ClFN6O/c19-13-5-1-11(2-6-13)9-22-16-15(21)17(24-10-23-16)25-26-18(27)12-3-7-14(20)8-4-12/h1-8,10H,9,21H2,(H,26,27)(H2,22,23,24,25). The largest absolute Gasteiger partial charge is 0.393 e. The highest BCUT2D eigenvalue weighted by Crippen LogP contribution is 2.22. The fourth-order valence-corrected chi connectivity index (χ4v) is 2.34. The second kappa shape index (κ2) is 8.33.